The molecular formula is C6H10Br2O2. The molecule has 0 aromatic carbocycles. The van der Waals surface area contributed by atoms with Crippen LogP contribution in [0, 0.1) is 0 Å². The SMILES string of the molecule is OC1(C(Br)Br)CCCCO1. The Morgan fingerprint density at radius 2 is 2.10 bits per heavy atom. The van der Waals surface area contributed by atoms with E-state index in [4.69, 9.17) is 4.74 Å². The van der Waals surface area contributed by atoms with Gasteiger partial charge in [-0.3, -0.25) is 0 Å². The van der Waals surface area contributed by atoms with Crippen LogP contribution < -0.4 is 0 Å². The van der Waals surface area contributed by atoms with Gasteiger partial charge in [0.2, 0.25) is 0 Å². The van der Waals surface area contributed by atoms with Crippen LogP contribution in [0.1, 0.15) is 19.3 Å². The molecule has 0 radical (unpaired) electrons. The van der Waals surface area contributed by atoms with E-state index in [0.29, 0.717) is 13.0 Å². The van der Waals surface area contributed by atoms with Gasteiger partial charge >= 0.3 is 0 Å². The van der Waals surface area contributed by atoms with Gasteiger partial charge in [0.15, 0.2) is 5.79 Å². The Kier molecular flexibility index (Phi) is 3.16. The summed E-state index contributed by atoms with van der Waals surface area (Å²) in [7, 11) is 0. The predicted molar refractivity (Wildman–Crippen MR) is 46.4 cm³/mol. The summed E-state index contributed by atoms with van der Waals surface area (Å²) in [6.07, 6.45) is 2.79. The van der Waals surface area contributed by atoms with Crippen molar-refractivity contribution < 1.29 is 9.84 Å². The summed E-state index contributed by atoms with van der Waals surface area (Å²) in [6, 6.07) is 0. The van der Waals surface area contributed by atoms with Gasteiger partial charge in [0, 0.05) is 6.42 Å². The molecule has 10 heavy (non-hydrogen) atoms. The second-order valence-electron chi connectivity index (χ2n) is 2.45. The van der Waals surface area contributed by atoms with Crippen LogP contribution in [0.3, 0.4) is 0 Å². The van der Waals surface area contributed by atoms with Crippen molar-refractivity contribution in [2.75, 3.05) is 6.61 Å². The predicted octanol–water partition coefficient (Wildman–Crippen LogP) is 1.99. The van der Waals surface area contributed by atoms with Crippen molar-refractivity contribution in [3.63, 3.8) is 0 Å². The van der Waals surface area contributed by atoms with Crippen LogP contribution in [0.15, 0.2) is 0 Å². The lowest BCUT2D eigenvalue weighted by Crippen LogP contribution is -2.41. The Balaban J connectivity index is 2.48. The van der Waals surface area contributed by atoms with Crippen LogP contribution in [0.25, 0.3) is 0 Å². The molecule has 0 saturated carbocycles. The van der Waals surface area contributed by atoms with Gasteiger partial charge in [0.25, 0.3) is 0 Å². The van der Waals surface area contributed by atoms with Crippen molar-refractivity contribution in [3.8, 4) is 0 Å². The summed E-state index contributed by atoms with van der Waals surface area (Å²) in [4.78, 5) is 0. The highest BCUT2D eigenvalue weighted by Gasteiger charge is 2.36. The number of halogens is 2. The van der Waals surface area contributed by atoms with Gasteiger partial charge in [0.1, 0.15) is 3.74 Å². The average Bonchev–Trinajstić information content (AvgIpc) is 1.89. The molecule has 1 N–H and O–H groups in total. The van der Waals surface area contributed by atoms with Gasteiger partial charge in [-0.2, -0.15) is 0 Å². The number of alkyl halides is 2. The first kappa shape index (κ1) is 8.97. The molecule has 0 aromatic heterocycles. The molecule has 4 heteroatoms. The van der Waals surface area contributed by atoms with E-state index in [1.807, 2.05) is 0 Å². The van der Waals surface area contributed by atoms with E-state index >= 15 is 0 Å². The van der Waals surface area contributed by atoms with E-state index in [0.717, 1.165) is 12.8 Å². The minimum absolute atomic E-state index is 0.159. The molecule has 0 aromatic rings. The van der Waals surface area contributed by atoms with E-state index in [9.17, 15) is 5.11 Å². The molecule has 0 amide bonds. The number of hydrogen-bond acceptors (Lipinski definition) is 2. The zero-order chi connectivity index (χ0) is 7.61. The minimum atomic E-state index is -0.988. The monoisotopic (exact) mass is 272 g/mol. The van der Waals surface area contributed by atoms with Crippen LogP contribution >= 0.6 is 31.9 Å². The van der Waals surface area contributed by atoms with Gasteiger partial charge in [-0.25, -0.2) is 0 Å². The van der Waals surface area contributed by atoms with Crippen molar-refractivity contribution in [2.24, 2.45) is 0 Å². The number of ether oxygens (including phenoxy) is 1. The van der Waals surface area contributed by atoms with Crippen molar-refractivity contribution in [1.29, 1.82) is 0 Å². The fourth-order valence-corrected chi connectivity index (χ4v) is 1.70. The van der Waals surface area contributed by atoms with Gasteiger partial charge in [-0.1, -0.05) is 31.9 Å². The van der Waals surface area contributed by atoms with Crippen LogP contribution in [0.5, 0.6) is 0 Å². The zero-order valence-corrected chi connectivity index (χ0v) is 8.69. The average molecular weight is 274 g/mol. The molecule has 1 atom stereocenters. The fourth-order valence-electron chi connectivity index (χ4n) is 0.974. The summed E-state index contributed by atoms with van der Waals surface area (Å²) < 4.78 is 5.03. The lowest BCUT2D eigenvalue weighted by atomic mass is 10.1. The minimum Gasteiger partial charge on any atom is -0.364 e. The third-order valence-corrected chi connectivity index (χ3v) is 3.05. The summed E-state index contributed by atoms with van der Waals surface area (Å²) in [5.41, 5.74) is 0. The summed E-state index contributed by atoms with van der Waals surface area (Å²) in [6.45, 7) is 0.657. The molecule has 1 rings (SSSR count). The van der Waals surface area contributed by atoms with Crippen LogP contribution in [-0.2, 0) is 4.74 Å². The zero-order valence-electron chi connectivity index (χ0n) is 5.52. The smallest absolute Gasteiger partial charge is 0.188 e. The quantitative estimate of drug-likeness (QED) is 0.741. The second-order valence-corrected chi connectivity index (χ2v) is 5.51. The Morgan fingerprint density at radius 3 is 2.40 bits per heavy atom. The van der Waals surface area contributed by atoms with Gasteiger partial charge in [-0.05, 0) is 12.8 Å². The normalized spacial score (nSPS) is 34.8. The number of aliphatic hydroxyl groups is 1. The third-order valence-electron chi connectivity index (χ3n) is 1.62. The molecule has 1 unspecified atom stereocenters. The Morgan fingerprint density at radius 1 is 1.40 bits per heavy atom. The molecule has 0 bridgehead atoms. The van der Waals surface area contributed by atoms with E-state index in [1.54, 1.807) is 0 Å². The largest absolute Gasteiger partial charge is 0.364 e. The molecule has 60 valence electrons. The van der Waals surface area contributed by atoms with Crippen molar-refractivity contribution in [1.82, 2.24) is 0 Å². The highest BCUT2D eigenvalue weighted by atomic mass is 79.9. The molecule has 0 aliphatic carbocycles. The highest BCUT2D eigenvalue weighted by molar-refractivity contribution is 9.24. The summed E-state index contributed by atoms with van der Waals surface area (Å²) >= 11 is 6.47. The van der Waals surface area contributed by atoms with Crippen LogP contribution in [-0.4, -0.2) is 21.2 Å². The van der Waals surface area contributed by atoms with Gasteiger partial charge in [0.05, 0.1) is 6.61 Å². The highest BCUT2D eigenvalue weighted by Crippen LogP contribution is 2.32. The van der Waals surface area contributed by atoms with Crippen molar-refractivity contribution in [3.05, 3.63) is 0 Å². The molecule has 1 saturated heterocycles. The first-order valence-electron chi connectivity index (χ1n) is 3.30. The first-order valence-corrected chi connectivity index (χ1v) is 5.13. The standard InChI is InChI=1S/C6H10Br2O2/c7-5(8)6(9)3-1-2-4-10-6/h5,9H,1-4H2. The summed E-state index contributed by atoms with van der Waals surface area (Å²) in [5.74, 6) is -0.988. The topological polar surface area (TPSA) is 29.5 Å². The Hall–Kier alpha value is 0.880. The number of hydrogen-bond donors (Lipinski definition) is 1. The van der Waals surface area contributed by atoms with Gasteiger partial charge in [-0.15, -0.1) is 0 Å². The van der Waals surface area contributed by atoms with Crippen molar-refractivity contribution >= 4 is 31.9 Å². The Bertz CT molecular complexity index is 110. The van der Waals surface area contributed by atoms with E-state index in [2.05, 4.69) is 31.9 Å². The number of rotatable bonds is 1. The fraction of sp³-hybridized carbons (Fsp3) is 1.00. The molecule has 1 aliphatic rings. The van der Waals surface area contributed by atoms with Crippen LogP contribution in [0.2, 0.25) is 0 Å². The third kappa shape index (κ3) is 1.94. The van der Waals surface area contributed by atoms with E-state index in [-0.39, 0.29) is 3.74 Å². The molecule has 0 spiro atoms. The maximum absolute atomic E-state index is 9.63. The Labute approximate surface area is 77.2 Å². The lowest BCUT2D eigenvalue weighted by molar-refractivity contribution is -0.210. The van der Waals surface area contributed by atoms with Gasteiger partial charge < -0.3 is 9.84 Å². The molecule has 1 aliphatic heterocycles. The lowest BCUT2D eigenvalue weighted by Gasteiger charge is -2.33. The maximum atomic E-state index is 9.63. The molecule has 1 fully saturated rings. The maximum Gasteiger partial charge on any atom is 0.188 e. The van der Waals surface area contributed by atoms with Crippen LogP contribution in [0.4, 0.5) is 0 Å². The first-order chi connectivity index (χ1) is 4.65. The molecule has 1 heterocycles. The van der Waals surface area contributed by atoms with E-state index < -0.39 is 5.79 Å². The summed E-state index contributed by atoms with van der Waals surface area (Å²) in [5, 5.41) is 9.63. The van der Waals surface area contributed by atoms with Crippen molar-refractivity contribution in [2.45, 2.75) is 28.8 Å². The molecular weight excluding hydrogens is 264 g/mol. The van der Waals surface area contributed by atoms with E-state index in [1.165, 1.54) is 0 Å². The second kappa shape index (κ2) is 3.52. The molecule has 2 nitrogen and oxygen atoms in total.